The monoisotopic (exact) mass is 370 g/mol. The maximum absolute atomic E-state index is 12.7. The van der Waals surface area contributed by atoms with Crippen LogP contribution in [0.1, 0.15) is 36.1 Å². The van der Waals surface area contributed by atoms with Gasteiger partial charge in [0, 0.05) is 23.7 Å². The third kappa shape index (κ3) is 3.75. The van der Waals surface area contributed by atoms with Crippen LogP contribution in [0.25, 0.3) is 0 Å². The number of carbonyl (C=O) groups is 2. The molecule has 2 aromatic carbocycles. The highest BCUT2D eigenvalue weighted by atomic mass is 35.5. The second-order valence-corrected chi connectivity index (χ2v) is 7.35. The van der Waals surface area contributed by atoms with Crippen molar-refractivity contribution in [3.63, 3.8) is 0 Å². The van der Waals surface area contributed by atoms with Crippen molar-refractivity contribution in [2.75, 3.05) is 11.4 Å². The highest BCUT2D eigenvalue weighted by Gasteiger charge is 2.36. The molecule has 136 valence electrons. The van der Waals surface area contributed by atoms with Gasteiger partial charge in [-0.15, -0.1) is 0 Å². The molecule has 1 N–H and O–H groups in total. The lowest BCUT2D eigenvalue weighted by Gasteiger charge is -2.21. The van der Waals surface area contributed by atoms with Gasteiger partial charge < -0.3 is 10.2 Å². The van der Waals surface area contributed by atoms with Crippen molar-refractivity contribution in [3.05, 3.63) is 64.2 Å². The highest BCUT2D eigenvalue weighted by molar-refractivity contribution is 6.30. The SMILES string of the molecule is Cc1cccc(N2CC(C(=O)NC(C)c3cccc(Cl)c3)CC2=O)c1C. The van der Waals surface area contributed by atoms with Gasteiger partial charge in [0.25, 0.3) is 0 Å². The Hall–Kier alpha value is -2.33. The smallest absolute Gasteiger partial charge is 0.227 e. The first kappa shape index (κ1) is 18.5. The zero-order valence-electron chi connectivity index (χ0n) is 15.3. The molecule has 0 aromatic heterocycles. The number of hydrogen-bond acceptors (Lipinski definition) is 2. The summed E-state index contributed by atoms with van der Waals surface area (Å²) in [6.07, 6.45) is 0.238. The molecule has 5 heteroatoms. The molecule has 3 rings (SSSR count). The molecule has 2 atom stereocenters. The first-order valence-electron chi connectivity index (χ1n) is 8.79. The molecule has 2 aromatic rings. The molecule has 0 saturated carbocycles. The number of benzene rings is 2. The van der Waals surface area contributed by atoms with Crippen LogP contribution in [0.4, 0.5) is 5.69 Å². The van der Waals surface area contributed by atoms with E-state index in [-0.39, 0.29) is 30.2 Å². The van der Waals surface area contributed by atoms with Crippen molar-refractivity contribution in [1.82, 2.24) is 5.32 Å². The summed E-state index contributed by atoms with van der Waals surface area (Å²) < 4.78 is 0. The van der Waals surface area contributed by atoms with Gasteiger partial charge in [-0.25, -0.2) is 0 Å². The fourth-order valence-corrected chi connectivity index (χ4v) is 3.53. The average molecular weight is 371 g/mol. The van der Waals surface area contributed by atoms with Gasteiger partial charge in [0.15, 0.2) is 0 Å². The predicted molar refractivity (Wildman–Crippen MR) is 104 cm³/mol. The number of nitrogens with one attached hydrogen (secondary N) is 1. The van der Waals surface area contributed by atoms with E-state index in [0.717, 1.165) is 22.4 Å². The lowest BCUT2D eigenvalue weighted by molar-refractivity contribution is -0.126. The van der Waals surface area contributed by atoms with Crippen LogP contribution in [0, 0.1) is 19.8 Å². The van der Waals surface area contributed by atoms with E-state index in [4.69, 9.17) is 11.6 Å². The molecule has 1 aliphatic heterocycles. The summed E-state index contributed by atoms with van der Waals surface area (Å²) >= 11 is 6.02. The Morgan fingerprint density at radius 2 is 1.96 bits per heavy atom. The maximum atomic E-state index is 12.7. The number of hydrogen-bond donors (Lipinski definition) is 1. The minimum atomic E-state index is -0.343. The largest absolute Gasteiger partial charge is 0.349 e. The van der Waals surface area contributed by atoms with Gasteiger partial charge in [-0.1, -0.05) is 35.9 Å². The minimum absolute atomic E-state index is 0.00532. The van der Waals surface area contributed by atoms with Crippen LogP contribution in [0.2, 0.25) is 5.02 Å². The summed E-state index contributed by atoms with van der Waals surface area (Å²) in [5.74, 6) is -0.447. The van der Waals surface area contributed by atoms with E-state index in [1.54, 1.807) is 11.0 Å². The van der Waals surface area contributed by atoms with E-state index >= 15 is 0 Å². The molecule has 0 spiro atoms. The molecule has 0 bridgehead atoms. The molecule has 0 radical (unpaired) electrons. The molecule has 26 heavy (non-hydrogen) atoms. The minimum Gasteiger partial charge on any atom is -0.349 e. The second kappa shape index (κ2) is 7.50. The third-order valence-electron chi connectivity index (χ3n) is 5.07. The molecular formula is C21H23ClN2O2. The third-order valence-corrected chi connectivity index (χ3v) is 5.31. The zero-order valence-corrected chi connectivity index (χ0v) is 16.0. The molecule has 4 nitrogen and oxygen atoms in total. The van der Waals surface area contributed by atoms with Crippen LogP contribution >= 0.6 is 11.6 Å². The molecule has 2 amide bonds. The molecule has 1 aliphatic rings. The Morgan fingerprint density at radius 3 is 2.69 bits per heavy atom. The van der Waals surface area contributed by atoms with Crippen molar-refractivity contribution >= 4 is 29.1 Å². The predicted octanol–water partition coefficient (Wildman–Crippen LogP) is 4.19. The van der Waals surface area contributed by atoms with Crippen LogP contribution < -0.4 is 10.2 Å². The summed E-state index contributed by atoms with van der Waals surface area (Å²) in [6.45, 7) is 6.36. The fraction of sp³-hybridized carbons (Fsp3) is 0.333. The Kier molecular flexibility index (Phi) is 5.33. The van der Waals surface area contributed by atoms with Crippen molar-refractivity contribution in [2.45, 2.75) is 33.2 Å². The van der Waals surface area contributed by atoms with Gasteiger partial charge in [0.2, 0.25) is 11.8 Å². The first-order chi connectivity index (χ1) is 12.4. The Morgan fingerprint density at radius 1 is 1.23 bits per heavy atom. The van der Waals surface area contributed by atoms with Gasteiger partial charge in [-0.2, -0.15) is 0 Å². The van der Waals surface area contributed by atoms with Crippen molar-refractivity contribution in [3.8, 4) is 0 Å². The van der Waals surface area contributed by atoms with Crippen molar-refractivity contribution < 1.29 is 9.59 Å². The van der Waals surface area contributed by atoms with Crippen molar-refractivity contribution in [1.29, 1.82) is 0 Å². The van der Waals surface area contributed by atoms with E-state index < -0.39 is 0 Å². The van der Waals surface area contributed by atoms with Gasteiger partial charge in [-0.05, 0) is 55.7 Å². The second-order valence-electron chi connectivity index (χ2n) is 6.91. The Balaban J connectivity index is 1.70. The summed E-state index contributed by atoms with van der Waals surface area (Å²) in [6, 6.07) is 13.2. The number of carbonyl (C=O) groups excluding carboxylic acids is 2. The van der Waals surface area contributed by atoms with E-state index in [1.807, 2.05) is 57.2 Å². The number of aryl methyl sites for hydroxylation is 1. The van der Waals surface area contributed by atoms with Gasteiger partial charge in [0.05, 0.1) is 12.0 Å². The van der Waals surface area contributed by atoms with Gasteiger partial charge in [-0.3, -0.25) is 9.59 Å². The van der Waals surface area contributed by atoms with Crippen LogP contribution in [-0.4, -0.2) is 18.4 Å². The normalized spacial score (nSPS) is 18.1. The zero-order chi connectivity index (χ0) is 18.8. The van der Waals surface area contributed by atoms with Crippen LogP contribution in [0.15, 0.2) is 42.5 Å². The molecule has 0 aliphatic carbocycles. The maximum Gasteiger partial charge on any atom is 0.227 e. The molecule has 1 fully saturated rings. The summed E-state index contributed by atoms with van der Waals surface area (Å²) in [5.41, 5.74) is 4.06. The first-order valence-corrected chi connectivity index (χ1v) is 9.17. The molecule has 1 heterocycles. The number of halogens is 1. The van der Waals surface area contributed by atoms with Crippen LogP contribution in [0.5, 0.6) is 0 Å². The van der Waals surface area contributed by atoms with Crippen LogP contribution in [-0.2, 0) is 9.59 Å². The number of nitrogens with zero attached hydrogens (tertiary/aromatic N) is 1. The van der Waals surface area contributed by atoms with E-state index in [9.17, 15) is 9.59 Å². The topological polar surface area (TPSA) is 49.4 Å². The lowest BCUT2D eigenvalue weighted by Crippen LogP contribution is -2.34. The summed E-state index contributed by atoms with van der Waals surface area (Å²) in [7, 11) is 0. The molecule has 1 saturated heterocycles. The fourth-order valence-electron chi connectivity index (χ4n) is 3.33. The van der Waals surface area contributed by atoms with E-state index in [1.165, 1.54) is 0 Å². The number of rotatable bonds is 4. The number of amides is 2. The van der Waals surface area contributed by atoms with E-state index in [0.29, 0.717) is 11.6 Å². The van der Waals surface area contributed by atoms with Gasteiger partial charge >= 0.3 is 0 Å². The Bertz CT molecular complexity index is 850. The Labute approximate surface area is 159 Å². The lowest BCUT2D eigenvalue weighted by atomic mass is 10.0. The average Bonchev–Trinajstić information content (AvgIpc) is 2.99. The summed E-state index contributed by atoms with van der Waals surface area (Å²) in [5, 5.41) is 3.65. The van der Waals surface area contributed by atoms with Crippen LogP contribution in [0.3, 0.4) is 0 Å². The number of anilines is 1. The standard InChI is InChI=1S/C21H23ClN2O2/c1-13-6-4-9-19(14(13)2)24-12-17(11-20(24)25)21(26)23-15(3)16-7-5-8-18(22)10-16/h4-10,15,17H,11-12H2,1-3H3,(H,23,26). The summed E-state index contributed by atoms with van der Waals surface area (Å²) in [4.78, 5) is 26.9. The van der Waals surface area contributed by atoms with Crippen molar-refractivity contribution in [2.24, 2.45) is 5.92 Å². The molecule has 2 unspecified atom stereocenters. The molecular weight excluding hydrogens is 348 g/mol. The van der Waals surface area contributed by atoms with E-state index in [2.05, 4.69) is 5.32 Å². The quantitative estimate of drug-likeness (QED) is 0.877. The highest BCUT2D eigenvalue weighted by Crippen LogP contribution is 2.30. The van der Waals surface area contributed by atoms with Gasteiger partial charge in [0.1, 0.15) is 0 Å².